The lowest BCUT2D eigenvalue weighted by atomic mass is 10.2. The summed E-state index contributed by atoms with van der Waals surface area (Å²) < 4.78 is 8.47. The second-order valence-electron chi connectivity index (χ2n) is 7.05. The molecule has 0 spiro atoms. The van der Waals surface area contributed by atoms with Crippen molar-refractivity contribution in [2.75, 3.05) is 32.1 Å². The van der Waals surface area contributed by atoms with Gasteiger partial charge in [-0.25, -0.2) is 4.98 Å². The van der Waals surface area contributed by atoms with Crippen LogP contribution >= 0.6 is 0 Å². The largest absolute Gasteiger partial charge is 0.383 e. The van der Waals surface area contributed by atoms with Crippen LogP contribution in [0.3, 0.4) is 0 Å². The van der Waals surface area contributed by atoms with E-state index in [1.807, 2.05) is 6.20 Å². The van der Waals surface area contributed by atoms with Crippen molar-refractivity contribution < 1.29 is 9.53 Å². The van der Waals surface area contributed by atoms with E-state index in [0.29, 0.717) is 44.3 Å². The van der Waals surface area contributed by atoms with Crippen molar-refractivity contribution in [1.82, 2.24) is 29.2 Å². The summed E-state index contributed by atoms with van der Waals surface area (Å²) in [5.41, 5.74) is 1.11. The standard InChI is InChI=1S/C20H23N7O3/c1-3-17(28)25-7-6-16(13-25)27-18(29)5-4-14-10-21-20(24-19(14)27)23-15-11-22-26(12-15)8-9-30-2/h3-5,10-12,16H,1,6-9,13H2,2H3,(H,21,23,24)/t16-/m0/s1. The molecule has 3 aromatic heterocycles. The van der Waals surface area contributed by atoms with Gasteiger partial charge in [0.15, 0.2) is 0 Å². The molecule has 3 aromatic rings. The molecule has 0 aromatic carbocycles. The molecule has 1 saturated heterocycles. The van der Waals surface area contributed by atoms with E-state index in [1.54, 1.807) is 39.7 Å². The Morgan fingerprint density at radius 3 is 3.07 bits per heavy atom. The van der Waals surface area contributed by atoms with Crippen LogP contribution in [0.25, 0.3) is 11.0 Å². The minimum absolute atomic E-state index is 0.131. The minimum Gasteiger partial charge on any atom is -0.383 e. The van der Waals surface area contributed by atoms with Gasteiger partial charge in [0.05, 0.1) is 31.1 Å². The number of aromatic nitrogens is 5. The van der Waals surface area contributed by atoms with Gasteiger partial charge in [-0.05, 0) is 18.6 Å². The van der Waals surface area contributed by atoms with Gasteiger partial charge in [0.2, 0.25) is 11.9 Å². The Morgan fingerprint density at radius 2 is 2.27 bits per heavy atom. The van der Waals surface area contributed by atoms with E-state index in [0.717, 1.165) is 11.1 Å². The van der Waals surface area contributed by atoms with Crippen LogP contribution in [0.15, 0.2) is 48.2 Å². The number of pyridine rings is 1. The lowest BCUT2D eigenvalue weighted by Gasteiger charge is -2.18. The minimum atomic E-state index is -0.155. The van der Waals surface area contributed by atoms with E-state index in [4.69, 9.17) is 4.74 Å². The average Bonchev–Trinajstić information content (AvgIpc) is 3.41. The normalized spacial score (nSPS) is 16.2. The van der Waals surface area contributed by atoms with E-state index >= 15 is 0 Å². The maximum Gasteiger partial charge on any atom is 0.252 e. The van der Waals surface area contributed by atoms with Gasteiger partial charge in [-0.3, -0.25) is 18.8 Å². The molecule has 4 rings (SSSR count). The molecular formula is C20H23N7O3. The highest BCUT2D eigenvalue weighted by Gasteiger charge is 2.28. The van der Waals surface area contributed by atoms with Gasteiger partial charge in [0.25, 0.3) is 5.56 Å². The molecule has 30 heavy (non-hydrogen) atoms. The van der Waals surface area contributed by atoms with Gasteiger partial charge in [-0.2, -0.15) is 10.1 Å². The van der Waals surface area contributed by atoms with Gasteiger partial charge in [0, 0.05) is 44.0 Å². The SMILES string of the molecule is C=CC(=O)N1CC[C@H](n2c(=O)ccc3cnc(Nc4cnn(CCOC)c4)nc32)C1. The number of amides is 1. The number of methoxy groups -OCH3 is 1. The molecule has 0 unspecified atom stereocenters. The molecular weight excluding hydrogens is 386 g/mol. The summed E-state index contributed by atoms with van der Waals surface area (Å²) >= 11 is 0. The second-order valence-corrected chi connectivity index (χ2v) is 7.05. The quantitative estimate of drug-likeness (QED) is 0.587. The molecule has 0 aliphatic carbocycles. The van der Waals surface area contributed by atoms with Gasteiger partial charge >= 0.3 is 0 Å². The van der Waals surface area contributed by atoms with Crippen LogP contribution in [0.4, 0.5) is 11.6 Å². The molecule has 10 heteroatoms. The Balaban J connectivity index is 1.63. The monoisotopic (exact) mass is 409 g/mol. The molecule has 1 fully saturated rings. The second kappa shape index (κ2) is 8.46. The van der Waals surface area contributed by atoms with Crippen LogP contribution in [-0.4, -0.2) is 61.9 Å². The van der Waals surface area contributed by atoms with Crippen LogP contribution < -0.4 is 10.9 Å². The number of hydrogen-bond acceptors (Lipinski definition) is 7. The highest BCUT2D eigenvalue weighted by atomic mass is 16.5. The van der Waals surface area contributed by atoms with E-state index in [-0.39, 0.29) is 17.5 Å². The fourth-order valence-corrected chi connectivity index (χ4v) is 3.60. The first-order valence-electron chi connectivity index (χ1n) is 9.67. The molecule has 1 atom stereocenters. The number of nitrogens with one attached hydrogen (secondary N) is 1. The maximum absolute atomic E-state index is 12.7. The van der Waals surface area contributed by atoms with Crippen molar-refractivity contribution in [2.24, 2.45) is 0 Å². The average molecular weight is 409 g/mol. The van der Waals surface area contributed by atoms with Gasteiger partial charge < -0.3 is 15.0 Å². The molecule has 156 valence electrons. The Kier molecular flexibility index (Phi) is 5.57. The topological polar surface area (TPSA) is 107 Å². The molecule has 0 bridgehead atoms. The zero-order valence-corrected chi connectivity index (χ0v) is 16.7. The van der Waals surface area contributed by atoms with Crippen molar-refractivity contribution in [1.29, 1.82) is 0 Å². The molecule has 1 N–H and O–H groups in total. The van der Waals surface area contributed by atoms with E-state index < -0.39 is 0 Å². The number of anilines is 2. The first kappa shape index (κ1) is 19.8. The number of rotatable bonds is 7. The van der Waals surface area contributed by atoms with Crippen LogP contribution in [0, 0.1) is 0 Å². The molecule has 10 nitrogen and oxygen atoms in total. The van der Waals surface area contributed by atoms with Crippen LogP contribution in [-0.2, 0) is 16.1 Å². The van der Waals surface area contributed by atoms with Crippen LogP contribution in [0.2, 0.25) is 0 Å². The molecule has 4 heterocycles. The van der Waals surface area contributed by atoms with Crippen LogP contribution in [0.5, 0.6) is 0 Å². The fraction of sp³-hybridized carbons (Fsp3) is 0.350. The molecule has 1 amide bonds. The summed E-state index contributed by atoms with van der Waals surface area (Å²) in [6.07, 6.45) is 7.16. The fourth-order valence-electron chi connectivity index (χ4n) is 3.60. The van der Waals surface area contributed by atoms with Crippen molar-refractivity contribution >= 4 is 28.6 Å². The molecule has 0 radical (unpaired) electrons. The Morgan fingerprint density at radius 1 is 1.40 bits per heavy atom. The molecule has 1 aliphatic rings. The first-order chi connectivity index (χ1) is 14.6. The predicted molar refractivity (Wildman–Crippen MR) is 112 cm³/mol. The van der Waals surface area contributed by atoms with Crippen LogP contribution in [0.1, 0.15) is 12.5 Å². The van der Waals surface area contributed by atoms with Crippen molar-refractivity contribution in [3.8, 4) is 0 Å². The summed E-state index contributed by atoms with van der Waals surface area (Å²) in [5, 5.41) is 8.14. The number of carbonyl (C=O) groups excluding carboxylic acids is 1. The molecule has 0 saturated carbocycles. The summed E-state index contributed by atoms with van der Waals surface area (Å²) in [5.74, 6) is 0.235. The smallest absolute Gasteiger partial charge is 0.252 e. The molecule has 1 aliphatic heterocycles. The first-order valence-corrected chi connectivity index (χ1v) is 9.67. The predicted octanol–water partition coefficient (Wildman–Crippen LogP) is 1.34. The van der Waals surface area contributed by atoms with Crippen molar-refractivity contribution in [3.63, 3.8) is 0 Å². The third-order valence-corrected chi connectivity index (χ3v) is 5.10. The summed E-state index contributed by atoms with van der Waals surface area (Å²) in [4.78, 5) is 35.2. The maximum atomic E-state index is 12.7. The number of carbonyl (C=O) groups is 1. The van der Waals surface area contributed by atoms with E-state index in [9.17, 15) is 9.59 Å². The number of ether oxygens (including phenoxy) is 1. The number of fused-ring (bicyclic) bond motifs is 1. The Labute approximate surface area is 172 Å². The lowest BCUT2D eigenvalue weighted by molar-refractivity contribution is -0.125. The third kappa shape index (κ3) is 3.94. The number of nitrogens with zero attached hydrogens (tertiary/aromatic N) is 6. The lowest BCUT2D eigenvalue weighted by Crippen LogP contribution is -2.30. The Bertz CT molecular complexity index is 1140. The van der Waals surface area contributed by atoms with Crippen molar-refractivity contribution in [2.45, 2.75) is 19.0 Å². The van der Waals surface area contributed by atoms with E-state index in [1.165, 1.54) is 12.1 Å². The van der Waals surface area contributed by atoms with Gasteiger partial charge in [0.1, 0.15) is 5.65 Å². The van der Waals surface area contributed by atoms with E-state index in [2.05, 4.69) is 27.0 Å². The third-order valence-electron chi connectivity index (χ3n) is 5.10. The summed E-state index contributed by atoms with van der Waals surface area (Å²) in [6, 6.07) is 3.07. The zero-order valence-electron chi connectivity index (χ0n) is 16.7. The van der Waals surface area contributed by atoms with Gasteiger partial charge in [-0.1, -0.05) is 6.58 Å². The Hall–Kier alpha value is -3.53. The van der Waals surface area contributed by atoms with Gasteiger partial charge in [-0.15, -0.1) is 0 Å². The summed E-state index contributed by atoms with van der Waals surface area (Å²) in [6.45, 7) is 5.76. The zero-order chi connectivity index (χ0) is 21.1. The highest BCUT2D eigenvalue weighted by molar-refractivity contribution is 5.87. The number of likely N-dealkylation sites (tertiary alicyclic amines) is 1. The highest BCUT2D eigenvalue weighted by Crippen LogP contribution is 2.24. The van der Waals surface area contributed by atoms with Crippen molar-refractivity contribution in [3.05, 3.63) is 53.7 Å². The number of hydrogen-bond donors (Lipinski definition) is 1. The summed E-state index contributed by atoms with van der Waals surface area (Å²) in [7, 11) is 1.64.